The smallest absolute Gasteiger partial charge is 0.237 e. The highest BCUT2D eigenvalue weighted by molar-refractivity contribution is 5.82. The molecule has 3 N–H and O–H groups in total. The molecule has 19 heavy (non-hydrogen) atoms. The van der Waals surface area contributed by atoms with Crippen molar-refractivity contribution in [1.82, 2.24) is 10.6 Å². The Hall–Kier alpha value is -1.39. The van der Waals surface area contributed by atoms with Gasteiger partial charge in [0.2, 0.25) is 5.91 Å². The first-order valence-corrected chi connectivity index (χ1v) is 6.82. The summed E-state index contributed by atoms with van der Waals surface area (Å²) in [6.07, 6.45) is 1.32. The zero-order valence-electron chi connectivity index (χ0n) is 11.6. The molecule has 1 heterocycles. The molecular weight excluding hydrogens is 240 g/mol. The monoisotopic (exact) mass is 262 g/mol. The lowest BCUT2D eigenvalue weighted by atomic mass is 9.95. The highest BCUT2D eigenvalue weighted by Crippen LogP contribution is 2.16. The Morgan fingerprint density at radius 3 is 2.84 bits per heavy atom. The van der Waals surface area contributed by atoms with E-state index < -0.39 is 5.60 Å². The fourth-order valence-electron chi connectivity index (χ4n) is 2.17. The van der Waals surface area contributed by atoms with Gasteiger partial charge in [0.25, 0.3) is 0 Å². The summed E-state index contributed by atoms with van der Waals surface area (Å²) >= 11 is 0. The molecule has 4 heteroatoms. The van der Waals surface area contributed by atoms with Crippen molar-refractivity contribution in [3.05, 3.63) is 35.4 Å². The van der Waals surface area contributed by atoms with Gasteiger partial charge in [0, 0.05) is 13.1 Å². The van der Waals surface area contributed by atoms with Gasteiger partial charge in [-0.2, -0.15) is 0 Å². The fourth-order valence-corrected chi connectivity index (χ4v) is 2.17. The first kappa shape index (κ1) is 14.0. The van der Waals surface area contributed by atoms with Crippen LogP contribution in [0.2, 0.25) is 0 Å². The molecule has 1 unspecified atom stereocenters. The molecule has 0 aromatic heterocycles. The van der Waals surface area contributed by atoms with E-state index in [1.165, 1.54) is 11.1 Å². The molecule has 0 spiro atoms. The third-order valence-corrected chi connectivity index (χ3v) is 3.80. The molecule has 1 aliphatic rings. The number of hydrogen-bond acceptors (Lipinski definition) is 3. The van der Waals surface area contributed by atoms with Crippen molar-refractivity contribution in [3.63, 3.8) is 0 Å². The summed E-state index contributed by atoms with van der Waals surface area (Å²) in [5, 5.41) is 16.0. The summed E-state index contributed by atoms with van der Waals surface area (Å²) < 4.78 is 0. The molecule has 2 atom stereocenters. The van der Waals surface area contributed by atoms with Gasteiger partial charge in [-0.1, -0.05) is 31.2 Å². The zero-order valence-corrected chi connectivity index (χ0v) is 11.6. The molecule has 0 aliphatic carbocycles. The average molecular weight is 262 g/mol. The maximum Gasteiger partial charge on any atom is 0.237 e. The zero-order chi connectivity index (χ0) is 13.9. The van der Waals surface area contributed by atoms with Gasteiger partial charge in [0.1, 0.15) is 0 Å². The molecule has 1 aromatic rings. The number of carbonyl (C=O) groups is 1. The quantitative estimate of drug-likeness (QED) is 0.758. The Labute approximate surface area is 114 Å². The Kier molecular flexibility index (Phi) is 4.22. The fraction of sp³-hybridized carbons (Fsp3) is 0.533. The minimum atomic E-state index is -0.831. The highest BCUT2D eigenvalue weighted by Gasteiger charge is 2.25. The number of nitrogens with one attached hydrogen (secondary N) is 2. The lowest BCUT2D eigenvalue weighted by Crippen LogP contribution is -2.50. The summed E-state index contributed by atoms with van der Waals surface area (Å²) in [4.78, 5) is 12.1. The van der Waals surface area contributed by atoms with Crippen molar-refractivity contribution >= 4 is 5.91 Å². The number of hydrogen-bond donors (Lipinski definition) is 3. The Bertz CT molecular complexity index is 457. The molecule has 0 bridgehead atoms. The average Bonchev–Trinajstić information content (AvgIpc) is 2.44. The van der Waals surface area contributed by atoms with Crippen LogP contribution in [0.15, 0.2) is 24.3 Å². The van der Waals surface area contributed by atoms with Crippen molar-refractivity contribution in [1.29, 1.82) is 0 Å². The standard InChI is InChI=1S/C15H22N2O2/c1-3-15(2,19)10-17-14(18)13-8-11-6-4-5-7-12(11)9-16-13/h4-7,13,16,19H,3,8-10H2,1-2H3,(H,17,18)/t13-,15?/m0/s1. The lowest BCUT2D eigenvalue weighted by molar-refractivity contribution is -0.124. The van der Waals surface area contributed by atoms with Crippen LogP contribution in [0.4, 0.5) is 0 Å². The van der Waals surface area contributed by atoms with Crippen LogP contribution >= 0.6 is 0 Å². The van der Waals surface area contributed by atoms with E-state index in [0.29, 0.717) is 19.4 Å². The van der Waals surface area contributed by atoms with Crippen molar-refractivity contribution in [2.45, 2.75) is 44.9 Å². The maximum absolute atomic E-state index is 12.1. The summed E-state index contributed by atoms with van der Waals surface area (Å²) in [7, 11) is 0. The third-order valence-electron chi connectivity index (χ3n) is 3.80. The second kappa shape index (κ2) is 5.72. The first-order valence-electron chi connectivity index (χ1n) is 6.82. The van der Waals surface area contributed by atoms with E-state index in [0.717, 1.165) is 6.54 Å². The Morgan fingerprint density at radius 2 is 2.16 bits per heavy atom. The molecule has 0 saturated heterocycles. The van der Waals surface area contributed by atoms with Crippen LogP contribution < -0.4 is 10.6 Å². The molecule has 1 aliphatic heterocycles. The third kappa shape index (κ3) is 3.55. The predicted octanol–water partition coefficient (Wildman–Crippen LogP) is 0.978. The van der Waals surface area contributed by atoms with E-state index in [1.807, 2.05) is 19.1 Å². The summed E-state index contributed by atoms with van der Waals surface area (Å²) in [5.74, 6) is -0.0387. The van der Waals surface area contributed by atoms with E-state index in [-0.39, 0.29) is 11.9 Å². The maximum atomic E-state index is 12.1. The molecule has 1 amide bonds. The SMILES string of the molecule is CCC(C)(O)CNC(=O)[C@@H]1Cc2ccccc2CN1. The number of carbonyl (C=O) groups excluding carboxylic acids is 1. The van der Waals surface area contributed by atoms with Crippen molar-refractivity contribution in [2.24, 2.45) is 0 Å². The van der Waals surface area contributed by atoms with E-state index in [9.17, 15) is 9.90 Å². The molecule has 0 radical (unpaired) electrons. The second-order valence-electron chi connectivity index (χ2n) is 5.47. The van der Waals surface area contributed by atoms with E-state index in [1.54, 1.807) is 6.92 Å². The van der Waals surface area contributed by atoms with Crippen LogP contribution in [0.1, 0.15) is 31.4 Å². The lowest BCUT2D eigenvalue weighted by Gasteiger charge is -2.27. The van der Waals surface area contributed by atoms with Crippen LogP contribution in [-0.2, 0) is 17.8 Å². The second-order valence-corrected chi connectivity index (χ2v) is 5.47. The van der Waals surface area contributed by atoms with E-state index in [4.69, 9.17) is 0 Å². The van der Waals surface area contributed by atoms with E-state index >= 15 is 0 Å². The number of amides is 1. The van der Waals surface area contributed by atoms with Gasteiger partial charge in [-0.15, -0.1) is 0 Å². The Balaban J connectivity index is 1.92. The largest absolute Gasteiger partial charge is 0.388 e. The molecule has 0 saturated carbocycles. The molecule has 1 aromatic carbocycles. The normalized spacial score (nSPS) is 21.3. The van der Waals surface area contributed by atoms with Crippen molar-refractivity contribution in [2.75, 3.05) is 6.54 Å². The van der Waals surface area contributed by atoms with Crippen LogP contribution in [0.3, 0.4) is 0 Å². The minimum Gasteiger partial charge on any atom is -0.388 e. The Morgan fingerprint density at radius 1 is 1.47 bits per heavy atom. The van der Waals surface area contributed by atoms with Gasteiger partial charge in [-0.3, -0.25) is 4.79 Å². The number of rotatable bonds is 4. The molecule has 0 fully saturated rings. The molecule has 2 rings (SSSR count). The summed E-state index contributed by atoms with van der Waals surface area (Å²) in [6, 6.07) is 7.96. The van der Waals surface area contributed by atoms with Gasteiger partial charge in [-0.25, -0.2) is 0 Å². The van der Waals surface area contributed by atoms with Crippen LogP contribution in [0, 0.1) is 0 Å². The number of fused-ring (bicyclic) bond motifs is 1. The van der Waals surface area contributed by atoms with Crippen molar-refractivity contribution < 1.29 is 9.90 Å². The summed E-state index contributed by atoms with van der Waals surface area (Å²) in [5.41, 5.74) is 1.65. The van der Waals surface area contributed by atoms with Crippen molar-refractivity contribution in [3.8, 4) is 0 Å². The highest BCUT2D eigenvalue weighted by atomic mass is 16.3. The minimum absolute atomic E-state index is 0.0387. The predicted molar refractivity (Wildman–Crippen MR) is 74.7 cm³/mol. The van der Waals surface area contributed by atoms with Gasteiger partial charge < -0.3 is 15.7 Å². The van der Waals surface area contributed by atoms with Crippen LogP contribution in [0.25, 0.3) is 0 Å². The molecule has 104 valence electrons. The van der Waals surface area contributed by atoms with Crippen LogP contribution in [0.5, 0.6) is 0 Å². The van der Waals surface area contributed by atoms with Gasteiger partial charge in [0.15, 0.2) is 0 Å². The molecule has 4 nitrogen and oxygen atoms in total. The molecular formula is C15H22N2O2. The number of benzene rings is 1. The topological polar surface area (TPSA) is 61.4 Å². The van der Waals surface area contributed by atoms with E-state index in [2.05, 4.69) is 22.8 Å². The van der Waals surface area contributed by atoms with Gasteiger partial charge in [0.05, 0.1) is 11.6 Å². The van der Waals surface area contributed by atoms with Gasteiger partial charge in [-0.05, 0) is 30.9 Å². The first-order chi connectivity index (χ1) is 9.02. The summed E-state index contributed by atoms with van der Waals surface area (Å²) in [6.45, 7) is 4.65. The number of aliphatic hydroxyl groups is 1. The van der Waals surface area contributed by atoms with Gasteiger partial charge >= 0.3 is 0 Å². The van der Waals surface area contributed by atoms with Crippen LogP contribution in [-0.4, -0.2) is 29.2 Å².